The number of fused-ring (bicyclic) bond motifs is 1. The molecule has 1 aliphatic rings. The molecule has 2 aromatic rings. The quantitative estimate of drug-likeness (QED) is 0.939. The minimum absolute atomic E-state index is 0.100. The molecule has 0 atom stereocenters. The van der Waals surface area contributed by atoms with Crippen LogP contribution in [-0.2, 0) is 6.54 Å². The van der Waals surface area contributed by atoms with Gasteiger partial charge in [-0.1, -0.05) is 29.5 Å². The average molecular weight is 304 g/mol. The lowest BCUT2D eigenvalue weighted by molar-refractivity contribution is 0.0732. The number of hydrogen-bond acceptors (Lipinski definition) is 6. The first-order valence-corrected chi connectivity index (χ1v) is 7.67. The minimum atomic E-state index is -0.100. The van der Waals surface area contributed by atoms with Gasteiger partial charge in [-0.2, -0.15) is 0 Å². The first-order valence-electron chi connectivity index (χ1n) is 6.85. The zero-order valence-electron chi connectivity index (χ0n) is 11.7. The lowest BCUT2D eigenvalue weighted by Gasteiger charge is -2.17. The Kier molecular flexibility index (Phi) is 4.01. The molecule has 0 spiro atoms. The SMILES string of the molecule is CCNc1nnc(C(=O)N2CCOc3ccccc3C2)s1. The van der Waals surface area contributed by atoms with Gasteiger partial charge < -0.3 is 15.0 Å². The number of carbonyl (C=O) groups is 1. The molecule has 0 saturated heterocycles. The topological polar surface area (TPSA) is 67.4 Å². The number of nitrogens with one attached hydrogen (secondary N) is 1. The maximum absolute atomic E-state index is 12.5. The number of rotatable bonds is 3. The zero-order chi connectivity index (χ0) is 14.7. The van der Waals surface area contributed by atoms with Crippen LogP contribution in [0.5, 0.6) is 5.75 Å². The van der Waals surface area contributed by atoms with Gasteiger partial charge in [0.15, 0.2) is 0 Å². The summed E-state index contributed by atoms with van der Waals surface area (Å²) in [6.07, 6.45) is 0. The van der Waals surface area contributed by atoms with Crippen molar-refractivity contribution < 1.29 is 9.53 Å². The van der Waals surface area contributed by atoms with Crippen molar-refractivity contribution in [2.24, 2.45) is 0 Å². The molecule has 0 bridgehead atoms. The number of benzene rings is 1. The molecule has 0 radical (unpaired) electrons. The first-order chi connectivity index (χ1) is 10.3. The van der Waals surface area contributed by atoms with E-state index in [1.807, 2.05) is 31.2 Å². The molecule has 0 aliphatic carbocycles. The predicted molar refractivity (Wildman–Crippen MR) is 80.8 cm³/mol. The molecule has 1 aliphatic heterocycles. The molecule has 1 amide bonds. The van der Waals surface area contributed by atoms with Crippen LogP contribution in [-0.4, -0.2) is 40.7 Å². The summed E-state index contributed by atoms with van der Waals surface area (Å²) in [6, 6.07) is 7.79. The van der Waals surface area contributed by atoms with Crippen molar-refractivity contribution in [2.45, 2.75) is 13.5 Å². The molecule has 6 nitrogen and oxygen atoms in total. The molecule has 3 rings (SSSR count). The van der Waals surface area contributed by atoms with E-state index < -0.39 is 0 Å². The largest absolute Gasteiger partial charge is 0.491 e. The van der Waals surface area contributed by atoms with Gasteiger partial charge in [0, 0.05) is 18.7 Å². The number of anilines is 1. The van der Waals surface area contributed by atoms with E-state index in [0.717, 1.165) is 17.9 Å². The van der Waals surface area contributed by atoms with Gasteiger partial charge in [0.1, 0.15) is 12.4 Å². The Morgan fingerprint density at radius 3 is 3.14 bits per heavy atom. The third-order valence-corrected chi connectivity index (χ3v) is 4.04. The fourth-order valence-corrected chi connectivity index (χ4v) is 2.95. The van der Waals surface area contributed by atoms with Gasteiger partial charge >= 0.3 is 0 Å². The third kappa shape index (κ3) is 2.97. The molecule has 110 valence electrons. The summed E-state index contributed by atoms with van der Waals surface area (Å²) in [4.78, 5) is 14.3. The number of para-hydroxylation sites is 1. The van der Waals surface area contributed by atoms with Crippen LogP contribution in [0.3, 0.4) is 0 Å². The number of hydrogen-bond donors (Lipinski definition) is 1. The molecular formula is C14H16N4O2S. The van der Waals surface area contributed by atoms with Crippen molar-refractivity contribution in [2.75, 3.05) is 25.0 Å². The van der Waals surface area contributed by atoms with Crippen molar-refractivity contribution in [3.63, 3.8) is 0 Å². The molecule has 0 saturated carbocycles. The van der Waals surface area contributed by atoms with Gasteiger partial charge in [-0.25, -0.2) is 0 Å². The Bertz CT molecular complexity index is 643. The van der Waals surface area contributed by atoms with Gasteiger partial charge in [0.25, 0.3) is 5.91 Å². The van der Waals surface area contributed by atoms with Crippen molar-refractivity contribution in [1.29, 1.82) is 0 Å². The van der Waals surface area contributed by atoms with Gasteiger partial charge in [0.2, 0.25) is 10.1 Å². The van der Waals surface area contributed by atoms with E-state index in [4.69, 9.17) is 4.74 Å². The van der Waals surface area contributed by atoms with Crippen molar-refractivity contribution >= 4 is 22.4 Å². The highest BCUT2D eigenvalue weighted by Gasteiger charge is 2.23. The van der Waals surface area contributed by atoms with Crippen LogP contribution in [0.2, 0.25) is 0 Å². The van der Waals surface area contributed by atoms with E-state index in [-0.39, 0.29) is 5.91 Å². The zero-order valence-corrected chi connectivity index (χ0v) is 12.5. The van der Waals surface area contributed by atoms with Gasteiger partial charge in [-0.05, 0) is 13.0 Å². The van der Waals surface area contributed by atoms with E-state index in [1.54, 1.807) is 4.90 Å². The predicted octanol–water partition coefficient (Wildman–Crippen LogP) is 2.00. The molecular weight excluding hydrogens is 288 g/mol. The normalized spacial score (nSPS) is 14.0. The lowest BCUT2D eigenvalue weighted by Crippen LogP contribution is -2.32. The summed E-state index contributed by atoms with van der Waals surface area (Å²) in [5.74, 6) is 0.746. The number of aromatic nitrogens is 2. The Morgan fingerprint density at radius 1 is 1.43 bits per heavy atom. The molecule has 1 N–H and O–H groups in total. The Hall–Kier alpha value is -2.15. The summed E-state index contributed by atoms with van der Waals surface area (Å²) in [5.41, 5.74) is 1.01. The third-order valence-electron chi connectivity index (χ3n) is 3.18. The Balaban J connectivity index is 1.78. The Morgan fingerprint density at radius 2 is 2.29 bits per heavy atom. The second kappa shape index (κ2) is 6.09. The lowest BCUT2D eigenvalue weighted by atomic mass is 10.2. The number of amides is 1. The molecule has 0 unspecified atom stereocenters. The first kappa shape index (κ1) is 13.8. The monoisotopic (exact) mass is 304 g/mol. The fraction of sp³-hybridized carbons (Fsp3) is 0.357. The van der Waals surface area contributed by atoms with Crippen LogP contribution >= 0.6 is 11.3 Å². The average Bonchev–Trinajstić information content (AvgIpc) is 2.85. The molecule has 1 aromatic carbocycles. The smallest absolute Gasteiger partial charge is 0.285 e. The van der Waals surface area contributed by atoms with Crippen LogP contribution in [0, 0.1) is 0 Å². The standard InChI is InChI=1S/C14H16N4O2S/c1-2-15-14-17-16-12(21-14)13(19)18-7-8-20-11-6-4-3-5-10(11)9-18/h3-6H,2,7-9H2,1H3,(H,15,17). The van der Waals surface area contributed by atoms with Gasteiger partial charge in [-0.15, -0.1) is 10.2 Å². The maximum atomic E-state index is 12.5. The molecule has 7 heteroatoms. The second-order valence-corrected chi connectivity index (χ2v) is 5.60. The van der Waals surface area contributed by atoms with E-state index in [9.17, 15) is 4.79 Å². The number of ether oxygens (including phenoxy) is 1. The Labute approximate surface area is 126 Å². The van der Waals surface area contributed by atoms with Crippen molar-refractivity contribution in [3.8, 4) is 5.75 Å². The molecule has 1 aromatic heterocycles. The minimum Gasteiger partial charge on any atom is -0.491 e. The van der Waals surface area contributed by atoms with E-state index in [1.165, 1.54) is 11.3 Å². The molecule has 2 heterocycles. The summed E-state index contributed by atoms with van der Waals surface area (Å²) in [7, 11) is 0. The summed E-state index contributed by atoms with van der Waals surface area (Å²) < 4.78 is 5.67. The van der Waals surface area contributed by atoms with Gasteiger partial charge in [-0.3, -0.25) is 4.79 Å². The van der Waals surface area contributed by atoms with Gasteiger partial charge in [0.05, 0.1) is 6.54 Å². The maximum Gasteiger partial charge on any atom is 0.285 e. The highest BCUT2D eigenvalue weighted by atomic mass is 32.1. The fourth-order valence-electron chi connectivity index (χ4n) is 2.17. The second-order valence-electron chi connectivity index (χ2n) is 4.63. The van der Waals surface area contributed by atoms with Crippen LogP contribution in [0.25, 0.3) is 0 Å². The van der Waals surface area contributed by atoms with E-state index in [2.05, 4.69) is 15.5 Å². The summed E-state index contributed by atoms with van der Waals surface area (Å²) in [5, 5.41) is 12.1. The summed E-state index contributed by atoms with van der Waals surface area (Å²) in [6.45, 7) is 4.30. The van der Waals surface area contributed by atoms with Crippen LogP contribution in [0.4, 0.5) is 5.13 Å². The molecule has 21 heavy (non-hydrogen) atoms. The van der Waals surface area contributed by atoms with Crippen LogP contribution in [0.15, 0.2) is 24.3 Å². The van der Waals surface area contributed by atoms with Crippen molar-refractivity contribution in [1.82, 2.24) is 15.1 Å². The molecule has 0 fully saturated rings. The number of carbonyl (C=O) groups excluding carboxylic acids is 1. The van der Waals surface area contributed by atoms with Crippen LogP contribution < -0.4 is 10.1 Å². The number of nitrogens with zero attached hydrogens (tertiary/aromatic N) is 3. The van der Waals surface area contributed by atoms with Crippen molar-refractivity contribution in [3.05, 3.63) is 34.8 Å². The van der Waals surface area contributed by atoms with E-state index in [0.29, 0.717) is 29.8 Å². The highest BCUT2D eigenvalue weighted by Crippen LogP contribution is 2.24. The van der Waals surface area contributed by atoms with Crippen LogP contribution in [0.1, 0.15) is 22.3 Å². The summed E-state index contributed by atoms with van der Waals surface area (Å²) >= 11 is 1.28. The highest BCUT2D eigenvalue weighted by molar-refractivity contribution is 7.17. The van der Waals surface area contributed by atoms with E-state index >= 15 is 0 Å².